The summed E-state index contributed by atoms with van der Waals surface area (Å²) in [6.45, 7) is 4.84. The predicted molar refractivity (Wildman–Crippen MR) is 85.1 cm³/mol. The molecule has 1 aliphatic rings. The van der Waals surface area contributed by atoms with Gasteiger partial charge in [-0.3, -0.25) is 4.79 Å². The van der Waals surface area contributed by atoms with Gasteiger partial charge in [0.1, 0.15) is 0 Å². The van der Waals surface area contributed by atoms with Gasteiger partial charge in [-0.2, -0.15) is 0 Å². The fourth-order valence-corrected chi connectivity index (χ4v) is 3.38. The topological polar surface area (TPSA) is 58.1 Å². The molecule has 1 aromatic heterocycles. The smallest absolute Gasteiger partial charge is 0.289 e. The predicted octanol–water partition coefficient (Wildman–Crippen LogP) is 2.95. The minimum atomic E-state index is -0.0590. The van der Waals surface area contributed by atoms with Gasteiger partial charge in [0.15, 0.2) is 0 Å². The van der Waals surface area contributed by atoms with Gasteiger partial charge in [-0.1, -0.05) is 29.5 Å². The average Bonchev–Trinajstić information content (AvgIpc) is 2.96. The summed E-state index contributed by atoms with van der Waals surface area (Å²) in [5.41, 5.74) is 2.22. The van der Waals surface area contributed by atoms with Crippen molar-refractivity contribution in [2.24, 2.45) is 0 Å². The lowest BCUT2D eigenvalue weighted by atomic mass is 9.96. The zero-order valence-electron chi connectivity index (χ0n) is 12.2. The first kappa shape index (κ1) is 14.0. The van der Waals surface area contributed by atoms with Crippen molar-refractivity contribution in [3.05, 3.63) is 34.8 Å². The van der Waals surface area contributed by atoms with E-state index in [2.05, 4.69) is 28.5 Å². The minimum absolute atomic E-state index is 0.0590. The van der Waals surface area contributed by atoms with Gasteiger partial charge in [-0.25, -0.2) is 0 Å². The van der Waals surface area contributed by atoms with E-state index in [9.17, 15) is 4.79 Å². The van der Waals surface area contributed by atoms with Gasteiger partial charge in [-0.15, -0.1) is 10.2 Å². The third-order valence-corrected chi connectivity index (χ3v) is 4.55. The number of aromatic nitrogens is 2. The lowest BCUT2D eigenvalue weighted by Gasteiger charge is -2.34. The highest BCUT2D eigenvalue weighted by atomic mass is 32.1. The maximum absolute atomic E-state index is 12.8. The first-order valence-electron chi connectivity index (χ1n) is 7.19. The SMILES string of the molecule is CCNc1nnc(C(=O)N2c3ccccc3CCC2C)s1. The Morgan fingerprint density at radius 1 is 1.43 bits per heavy atom. The van der Waals surface area contributed by atoms with Crippen molar-refractivity contribution < 1.29 is 4.79 Å². The van der Waals surface area contributed by atoms with Crippen molar-refractivity contribution in [2.75, 3.05) is 16.8 Å². The van der Waals surface area contributed by atoms with E-state index in [1.807, 2.05) is 30.0 Å². The minimum Gasteiger partial charge on any atom is -0.360 e. The molecule has 0 bridgehead atoms. The van der Waals surface area contributed by atoms with E-state index < -0.39 is 0 Å². The third kappa shape index (κ3) is 2.63. The molecular weight excluding hydrogens is 284 g/mol. The Balaban J connectivity index is 1.92. The molecule has 0 fully saturated rings. The third-order valence-electron chi connectivity index (χ3n) is 3.68. The molecule has 2 aromatic rings. The van der Waals surface area contributed by atoms with E-state index in [4.69, 9.17) is 0 Å². The molecule has 21 heavy (non-hydrogen) atoms. The maximum atomic E-state index is 12.8. The summed E-state index contributed by atoms with van der Waals surface area (Å²) in [6, 6.07) is 8.27. The number of aryl methyl sites for hydroxylation is 1. The van der Waals surface area contributed by atoms with Crippen LogP contribution in [0.3, 0.4) is 0 Å². The fourth-order valence-electron chi connectivity index (χ4n) is 2.63. The number of hydrogen-bond donors (Lipinski definition) is 1. The fraction of sp³-hybridized carbons (Fsp3) is 0.400. The molecule has 1 atom stereocenters. The summed E-state index contributed by atoms with van der Waals surface area (Å²) in [4.78, 5) is 14.7. The van der Waals surface area contributed by atoms with Gasteiger partial charge >= 0.3 is 0 Å². The summed E-state index contributed by atoms with van der Waals surface area (Å²) in [5, 5.41) is 12.3. The second-order valence-electron chi connectivity index (χ2n) is 5.13. The standard InChI is InChI=1S/C15H18N4OS/c1-3-16-15-18-17-13(21-15)14(20)19-10(2)8-9-11-6-4-5-7-12(11)19/h4-7,10H,3,8-9H2,1-2H3,(H,16,18). The molecular formula is C15H18N4OS. The van der Waals surface area contributed by atoms with Crippen LogP contribution in [-0.2, 0) is 6.42 Å². The summed E-state index contributed by atoms with van der Waals surface area (Å²) in [6.07, 6.45) is 1.99. The van der Waals surface area contributed by atoms with E-state index in [1.165, 1.54) is 16.9 Å². The van der Waals surface area contributed by atoms with Crippen molar-refractivity contribution in [2.45, 2.75) is 32.7 Å². The Morgan fingerprint density at radius 2 is 2.24 bits per heavy atom. The summed E-state index contributed by atoms with van der Waals surface area (Å²) < 4.78 is 0. The van der Waals surface area contributed by atoms with Crippen molar-refractivity contribution in [3.8, 4) is 0 Å². The average molecular weight is 302 g/mol. The Morgan fingerprint density at radius 3 is 3.05 bits per heavy atom. The zero-order chi connectivity index (χ0) is 14.8. The molecule has 110 valence electrons. The van der Waals surface area contributed by atoms with Gasteiger partial charge in [-0.05, 0) is 38.3 Å². The van der Waals surface area contributed by atoms with Crippen molar-refractivity contribution >= 4 is 28.1 Å². The monoisotopic (exact) mass is 302 g/mol. The van der Waals surface area contributed by atoms with Gasteiger partial charge in [0.05, 0.1) is 0 Å². The van der Waals surface area contributed by atoms with E-state index in [0.717, 1.165) is 25.1 Å². The van der Waals surface area contributed by atoms with Gasteiger partial charge in [0.25, 0.3) is 5.91 Å². The van der Waals surface area contributed by atoms with Crippen molar-refractivity contribution in [1.29, 1.82) is 0 Å². The molecule has 1 amide bonds. The van der Waals surface area contributed by atoms with Crippen LogP contribution in [0.15, 0.2) is 24.3 Å². The van der Waals surface area contributed by atoms with Gasteiger partial charge in [0, 0.05) is 18.3 Å². The number of anilines is 2. The number of carbonyl (C=O) groups is 1. The van der Waals surface area contributed by atoms with Crippen LogP contribution in [0.2, 0.25) is 0 Å². The number of carbonyl (C=O) groups excluding carboxylic acids is 1. The zero-order valence-corrected chi connectivity index (χ0v) is 13.0. The summed E-state index contributed by atoms with van der Waals surface area (Å²) >= 11 is 1.31. The van der Waals surface area contributed by atoms with Crippen LogP contribution >= 0.6 is 11.3 Å². The van der Waals surface area contributed by atoms with Crippen LogP contribution in [0.5, 0.6) is 0 Å². The van der Waals surface area contributed by atoms with E-state index in [-0.39, 0.29) is 11.9 Å². The largest absolute Gasteiger partial charge is 0.360 e. The van der Waals surface area contributed by atoms with Crippen molar-refractivity contribution in [1.82, 2.24) is 10.2 Å². The number of para-hydroxylation sites is 1. The maximum Gasteiger partial charge on any atom is 0.289 e. The highest BCUT2D eigenvalue weighted by molar-refractivity contribution is 7.17. The second-order valence-corrected chi connectivity index (χ2v) is 6.11. The molecule has 0 aliphatic carbocycles. The summed E-state index contributed by atoms with van der Waals surface area (Å²) in [7, 11) is 0. The highest BCUT2D eigenvalue weighted by Crippen LogP contribution is 2.32. The first-order valence-corrected chi connectivity index (χ1v) is 8.01. The molecule has 3 rings (SSSR count). The Labute approximate surface area is 128 Å². The molecule has 1 aliphatic heterocycles. The molecule has 0 saturated heterocycles. The molecule has 5 nitrogen and oxygen atoms in total. The Kier molecular flexibility index (Phi) is 3.88. The Bertz CT molecular complexity index is 655. The number of amides is 1. The van der Waals surface area contributed by atoms with Crippen molar-refractivity contribution in [3.63, 3.8) is 0 Å². The number of benzene rings is 1. The number of hydrogen-bond acceptors (Lipinski definition) is 5. The molecule has 2 heterocycles. The van der Waals surface area contributed by atoms with Crippen LogP contribution in [0.25, 0.3) is 0 Å². The van der Waals surface area contributed by atoms with Gasteiger partial charge < -0.3 is 10.2 Å². The number of nitrogens with one attached hydrogen (secondary N) is 1. The molecule has 0 saturated carbocycles. The number of fused-ring (bicyclic) bond motifs is 1. The lowest BCUT2D eigenvalue weighted by Crippen LogP contribution is -2.42. The van der Waals surface area contributed by atoms with Crippen LogP contribution < -0.4 is 10.2 Å². The van der Waals surface area contributed by atoms with E-state index in [0.29, 0.717) is 10.1 Å². The normalized spacial score (nSPS) is 17.4. The molecule has 1 aromatic carbocycles. The first-order chi connectivity index (χ1) is 10.2. The number of rotatable bonds is 3. The molecule has 6 heteroatoms. The highest BCUT2D eigenvalue weighted by Gasteiger charge is 2.30. The Hall–Kier alpha value is -1.95. The van der Waals surface area contributed by atoms with Crippen LogP contribution in [0, 0.1) is 0 Å². The van der Waals surface area contributed by atoms with Crippen LogP contribution in [0.4, 0.5) is 10.8 Å². The second kappa shape index (κ2) is 5.81. The molecule has 0 spiro atoms. The van der Waals surface area contributed by atoms with E-state index in [1.54, 1.807) is 0 Å². The van der Waals surface area contributed by atoms with Crippen LogP contribution in [-0.4, -0.2) is 28.7 Å². The van der Waals surface area contributed by atoms with Crippen LogP contribution in [0.1, 0.15) is 35.6 Å². The molecule has 1 unspecified atom stereocenters. The quantitative estimate of drug-likeness (QED) is 0.947. The molecule has 0 radical (unpaired) electrons. The van der Waals surface area contributed by atoms with Gasteiger partial charge in [0.2, 0.25) is 10.1 Å². The summed E-state index contributed by atoms with van der Waals surface area (Å²) in [5.74, 6) is -0.0590. The van der Waals surface area contributed by atoms with E-state index >= 15 is 0 Å². The molecule has 1 N–H and O–H groups in total. The number of nitrogens with zero attached hydrogens (tertiary/aromatic N) is 3. The lowest BCUT2D eigenvalue weighted by molar-refractivity contribution is 0.0974.